The molecule has 4 heteroatoms. The smallest absolute Gasteiger partial charge is 0.153 e. The molecule has 92 valence electrons. The van der Waals surface area contributed by atoms with Crippen LogP contribution in [0, 0.1) is 5.82 Å². The topological polar surface area (TPSA) is 26.3 Å². The van der Waals surface area contributed by atoms with Crippen LogP contribution in [0.3, 0.4) is 0 Å². The molecule has 0 fully saturated rings. The molecule has 0 N–H and O–H groups in total. The van der Waals surface area contributed by atoms with Gasteiger partial charge in [-0.2, -0.15) is 0 Å². The summed E-state index contributed by atoms with van der Waals surface area (Å²) in [5, 5.41) is 0.0760. The SMILES string of the molecule is O=Cc1ccccc1OCc1ccc(Cl)c(F)c1. The van der Waals surface area contributed by atoms with Gasteiger partial charge in [-0.25, -0.2) is 4.39 Å². The Labute approximate surface area is 109 Å². The molecule has 2 aromatic carbocycles. The molecule has 0 heterocycles. The van der Waals surface area contributed by atoms with Crippen LogP contribution < -0.4 is 4.74 Å². The summed E-state index contributed by atoms with van der Waals surface area (Å²) in [6, 6.07) is 11.3. The van der Waals surface area contributed by atoms with Crippen LogP contribution in [0.1, 0.15) is 15.9 Å². The van der Waals surface area contributed by atoms with Crippen molar-refractivity contribution in [3.8, 4) is 5.75 Å². The largest absolute Gasteiger partial charge is 0.488 e. The summed E-state index contributed by atoms with van der Waals surface area (Å²) < 4.78 is 18.7. The molecule has 0 atom stereocenters. The van der Waals surface area contributed by atoms with Gasteiger partial charge < -0.3 is 4.74 Å². The average molecular weight is 265 g/mol. The second-order valence-corrected chi connectivity index (χ2v) is 4.10. The summed E-state index contributed by atoms with van der Waals surface area (Å²) in [4.78, 5) is 10.8. The van der Waals surface area contributed by atoms with E-state index in [0.717, 1.165) is 6.29 Å². The molecule has 0 aromatic heterocycles. The van der Waals surface area contributed by atoms with Crippen LogP contribution in [-0.2, 0) is 6.61 Å². The molecular weight excluding hydrogens is 255 g/mol. The summed E-state index contributed by atoms with van der Waals surface area (Å²) in [6.45, 7) is 0.180. The van der Waals surface area contributed by atoms with Crippen molar-refractivity contribution in [1.29, 1.82) is 0 Å². The molecule has 2 aromatic rings. The van der Waals surface area contributed by atoms with Gasteiger partial charge in [-0.3, -0.25) is 4.79 Å². The van der Waals surface area contributed by atoms with Crippen molar-refractivity contribution in [2.24, 2.45) is 0 Å². The lowest BCUT2D eigenvalue weighted by atomic mass is 10.2. The van der Waals surface area contributed by atoms with Gasteiger partial charge >= 0.3 is 0 Å². The molecule has 18 heavy (non-hydrogen) atoms. The summed E-state index contributed by atoms with van der Waals surface area (Å²) in [6.07, 6.45) is 0.720. The Hall–Kier alpha value is -1.87. The highest BCUT2D eigenvalue weighted by atomic mass is 35.5. The molecule has 0 aliphatic heterocycles. The third-order valence-electron chi connectivity index (χ3n) is 2.42. The van der Waals surface area contributed by atoms with Gasteiger partial charge in [-0.1, -0.05) is 29.8 Å². The van der Waals surface area contributed by atoms with Crippen LogP contribution in [0.4, 0.5) is 4.39 Å². The van der Waals surface area contributed by atoms with Crippen LogP contribution in [0.15, 0.2) is 42.5 Å². The first-order valence-corrected chi connectivity index (χ1v) is 5.69. The number of carbonyl (C=O) groups excluding carboxylic acids is 1. The fourth-order valence-electron chi connectivity index (χ4n) is 1.50. The second-order valence-electron chi connectivity index (χ2n) is 3.69. The van der Waals surface area contributed by atoms with E-state index in [9.17, 15) is 9.18 Å². The van der Waals surface area contributed by atoms with Crippen LogP contribution in [0.5, 0.6) is 5.75 Å². The van der Waals surface area contributed by atoms with Gasteiger partial charge in [0, 0.05) is 0 Å². The van der Waals surface area contributed by atoms with E-state index in [1.165, 1.54) is 12.1 Å². The number of rotatable bonds is 4. The highest BCUT2D eigenvalue weighted by Crippen LogP contribution is 2.19. The molecule has 2 nitrogen and oxygen atoms in total. The minimum atomic E-state index is -0.485. The fraction of sp³-hybridized carbons (Fsp3) is 0.0714. The highest BCUT2D eigenvalue weighted by Gasteiger charge is 2.04. The predicted molar refractivity (Wildman–Crippen MR) is 67.6 cm³/mol. The van der Waals surface area contributed by atoms with E-state index in [1.54, 1.807) is 30.3 Å². The van der Waals surface area contributed by atoms with Gasteiger partial charge in [0.05, 0.1) is 10.6 Å². The standard InChI is InChI=1S/C14H10ClFO2/c15-12-6-5-10(7-13(12)16)9-18-14-4-2-1-3-11(14)8-17/h1-8H,9H2. The molecule has 0 saturated carbocycles. The first-order valence-electron chi connectivity index (χ1n) is 5.31. The summed E-state index contributed by atoms with van der Waals surface area (Å²) in [7, 11) is 0. The first-order chi connectivity index (χ1) is 8.70. The number of halogens is 2. The quantitative estimate of drug-likeness (QED) is 0.784. The van der Waals surface area contributed by atoms with Crippen LogP contribution in [0.25, 0.3) is 0 Å². The van der Waals surface area contributed by atoms with E-state index < -0.39 is 5.82 Å². The number of hydrogen-bond acceptors (Lipinski definition) is 2. The zero-order valence-electron chi connectivity index (χ0n) is 9.40. The maximum Gasteiger partial charge on any atom is 0.153 e. The molecule has 0 aliphatic carbocycles. The zero-order valence-corrected chi connectivity index (χ0v) is 10.2. The molecule has 0 radical (unpaired) electrons. The van der Waals surface area contributed by atoms with E-state index in [2.05, 4.69) is 0 Å². The second kappa shape index (κ2) is 5.65. The Balaban J connectivity index is 2.11. The third kappa shape index (κ3) is 2.87. The van der Waals surface area contributed by atoms with Crippen molar-refractivity contribution in [3.05, 3.63) is 64.4 Å². The molecule has 0 aliphatic rings. The molecule has 0 unspecified atom stereocenters. The van der Waals surface area contributed by atoms with Crippen LogP contribution >= 0.6 is 11.6 Å². The maximum atomic E-state index is 13.2. The van der Waals surface area contributed by atoms with E-state index in [-0.39, 0.29) is 11.6 Å². The number of para-hydroxylation sites is 1. The van der Waals surface area contributed by atoms with Crippen molar-refractivity contribution in [3.63, 3.8) is 0 Å². The van der Waals surface area contributed by atoms with Gasteiger partial charge in [0.1, 0.15) is 18.2 Å². The van der Waals surface area contributed by atoms with Gasteiger partial charge in [0.2, 0.25) is 0 Å². The molecule has 0 bridgehead atoms. The maximum absolute atomic E-state index is 13.2. The van der Waals surface area contributed by atoms with E-state index >= 15 is 0 Å². The average Bonchev–Trinajstić information content (AvgIpc) is 2.40. The summed E-state index contributed by atoms with van der Waals surface area (Å²) in [5.41, 5.74) is 1.12. The highest BCUT2D eigenvalue weighted by molar-refractivity contribution is 6.30. The van der Waals surface area contributed by atoms with Gasteiger partial charge in [0.15, 0.2) is 6.29 Å². The van der Waals surface area contributed by atoms with E-state index in [4.69, 9.17) is 16.3 Å². The number of benzene rings is 2. The van der Waals surface area contributed by atoms with Gasteiger partial charge in [0.25, 0.3) is 0 Å². The van der Waals surface area contributed by atoms with Crippen molar-refractivity contribution in [2.45, 2.75) is 6.61 Å². The fourth-order valence-corrected chi connectivity index (χ4v) is 1.62. The molecule has 0 saturated heterocycles. The molecule has 0 spiro atoms. The van der Waals surface area contributed by atoms with Gasteiger partial charge in [-0.15, -0.1) is 0 Å². The molecular formula is C14H10ClFO2. The summed E-state index contributed by atoms with van der Waals surface area (Å²) in [5.74, 6) is -0.00991. The number of hydrogen-bond donors (Lipinski definition) is 0. The van der Waals surface area contributed by atoms with E-state index in [1.807, 2.05) is 0 Å². The van der Waals surface area contributed by atoms with Crippen LogP contribution in [0.2, 0.25) is 5.02 Å². The number of ether oxygens (including phenoxy) is 1. The number of aldehydes is 1. The van der Waals surface area contributed by atoms with Crippen molar-refractivity contribution in [2.75, 3.05) is 0 Å². The predicted octanol–water partition coefficient (Wildman–Crippen LogP) is 3.87. The van der Waals surface area contributed by atoms with Crippen LogP contribution in [-0.4, -0.2) is 6.29 Å². The molecule has 0 amide bonds. The number of carbonyl (C=O) groups is 1. The van der Waals surface area contributed by atoms with E-state index in [0.29, 0.717) is 16.9 Å². The minimum Gasteiger partial charge on any atom is -0.488 e. The lowest BCUT2D eigenvalue weighted by Crippen LogP contribution is -1.98. The lowest BCUT2D eigenvalue weighted by molar-refractivity contribution is 0.111. The first kappa shape index (κ1) is 12.6. The Morgan fingerprint density at radius 2 is 2.00 bits per heavy atom. The Morgan fingerprint density at radius 1 is 1.22 bits per heavy atom. The Morgan fingerprint density at radius 3 is 2.72 bits per heavy atom. The Bertz CT molecular complexity index is 569. The van der Waals surface area contributed by atoms with Crippen molar-refractivity contribution >= 4 is 17.9 Å². The molecule has 2 rings (SSSR count). The third-order valence-corrected chi connectivity index (χ3v) is 2.73. The van der Waals surface area contributed by atoms with Crippen molar-refractivity contribution < 1.29 is 13.9 Å². The monoisotopic (exact) mass is 264 g/mol. The summed E-state index contributed by atoms with van der Waals surface area (Å²) >= 11 is 5.58. The van der Waals surface area contributed by atoms with Gasteiger partial charge in [-0.05, 0) is 29.8 Å². The van der Waals surface area contributed by atoms with Crippen molar-refractivity contribution in [1.82, 2.24) is 0 Å². The zero-order chi connectivity index (χ0) is 13.0. The Kier molecular flexibility index (Phi) is 3.95. The normalized spacial score (nSPS) is 10.1. The lowest BCUT2D eigenvalue weighted by Gasteiger charge is -2.08. The minimum absolute atomic E-state index is 0.0760.